The quantitative estimate of drug-likeness (QED) is 0.636. The van der Waals surface area contributed by atoms with Gasteiger partial charge in [0, 0.05) is 18.6 Å². The first-order valence-corrected chi connectivity index (χ1v) is 8.47. The Bertz CT molecular complexity index is 334. The number of sulfonamides is 1. The Morgan fingerprint density at radius 2 is 1.88 bits per heavy atom. The van der Waals surface area contributed by atoms with Gasteiger partial charge in [0.1, 0.15) is 0 Å². The normalized spacial score (nSPS) is 21.1. The maximum Gasteiger partial charge on any atom is 0.214 e. The number of rotatable bonds is 9. The monoisotopic (exact) mass is 260 g/mol. The Labute approximate surface area is 105 Å². The lowest BCUT2D eigenvalue weighted by Gasteiger charge is -2.19. The second-order valence-corrected chi connectivity index (χ2v) is 7.23. The zero-order chi connectivity index (χ0) is 12.3. The van der Waals surface area contributed by atoms with Crippen molar-refractivity contribution in [2.75, 3.05) is 18.8 Å². The summed E-state index contributed by atoms with van der Waals surface area (Å²) in [6, 6.07) is 1.04. The van der Waals surface area contributed by atoms with Crippen molar-refractivity contribution in [3.63, 3.8) is 0 Å². The van der Waals surface area contributed by atoms with Gasteiger partial charge in [-0.25, -0.2) is 8.42 Å². The van der Waals surface area contributed by atoms with Crippen molar-refractivity contribution in [2.24, 2.45) is 0 Å². The molecule has 0 aromatic rings. The van der Waals surface area contributed by atoms with Crippen LogP contribution in [0.1, 0.15) is 45.4 Å². The highest BCUT2D eigenvalue weighted by atomic mass is 32.2. The van der Waals surface area contributed by atoms with Crippen LogP contribution in [-0.2, 0) is 10.0 Å². The molecule has 0 aromatic heterocycles. The van der Waals surface area contributed by atoms with E-state index < -0.39 is 10.0 Å². The van der Waals surface area contributed by atoms with Gasteiger partial charge in [0.05, 0.1) is 5.75 Å². The summed E-state index contributed by atoms with van der Waals surface area (Å²) in [7, 11) is -2.99. The molecular weight excluding hydrogens is 236 g/mol. The third-order valence-corrected chi connectivity index (χ3v) is 5.54. The zero-order valence-electron chi connectivity index (χ0n) is 10.7. The van der Waals surface area contributed by atoms with E-state index in [1.807, 2.05) is 6.92 Å². The zero-order valence-corrected chi connectivity index (χ0v) is 11.5. The summed E-state index contributed by atoms with van der Waals surface area (Å²) in [5.74, 6) is 0.323. The minimum absolute atomic E-state index is 0.314. The summed E-state index contributed by atoms with van der Waals surface area (Å²) in [6.07, 6.45) is 6.45. The molecule has 4 nitrogen and oxygen atoms in total. The lowest BCUT2D eigenvalue weighted by atomic mass is 10.3. The summed E-state index contributed by atoms with van der Waals surface area (Å²) < 4.78 is 25.8. The van der Waals surface area contributed by atoms with Crippen LogP contribution < -0.4 is 5.32 Å². The first-order chi connectivity index (χ1) is 8.13. The Hall–Kier alpha value is -0.130. The largest absolute Gasteiger partial charge is 0.314 e. The van der Waals surface area contributed by atoms with Crippen molar-refractivity contribution in [2.45, 2.75) is 57.5 Å². The number of unbranched alkanes of at least 4 members (excludes halogenated alkanes) is 1. The second-order valence-electron chi connectivity index (χ2n) is 5.19. The van der Waals surface area contributed by atoms with Crippen LogP contribution in [-0.4, -0.2) is 43.6 Å². The highest BCUT2D eigenvalue weighted by molar-refractivity contribution is 7.89. The van der Waals surface area contributed by atoms with Crippen molar-refractivity contribution in [3.05, 3.63) is 0 Å². The van der Waals surface area contributed by atoms with Gasteiger partial charge in [-0.3, -0.25) is 0 Å². The maximum absolute atomic E-state index is 12.1. The number of hydrogen-bond donors (Lipinski definition) is 1. The third-order valence-electron chi connectivity index (χ3n) is 3.46. The smallest absolute Gasteiger partial charge is 0.214 e. The van der Waals surface area contributed by atoms with Crippen LogP contribution in [0.3, 0.4) is 0 Å². The molecule has 0 spiro atoms. The molecule has 2 saturated carbocycles. The van der Waals surface area contributed by atoms with Gasteiger partial charge >= 0.3 is 0 Å². The van der Waals surface area contributed by atoms with Gasteiger partial charge in [-0.2, -0.15) is 4.31 Å². The molecule has 0 aliphatic heterocycles. The summed E-state index contributed by atoms with van der Waals surface area (Å²) in [5, 5.41) is 3.41. The van der Waals surface area contributed by atoms with E-state index >= 15 is 0 Å². The van der Waals surface area contributed by atoms with E-state index in [9.17, 15) is 8.42 Å². The topological polar surface area (TPSA) is 49.4 Å². The van der Waals surface area contributed by atoms with E-state index in [-0.39, 0.29) is 0 Å². The molecule has 2 aliphatic carbocycles. The van der Waals surface area contributed by atoms with Gasteiger partial charge in [-0.05, 0) is 45.1 Å². The van der Waals surface area contributed by atoms with Crippen LogP contribution in [0.5, 0.6) is 0 Å². The van der Waals surface area contributed by atoms with Crippen LogP contribution in [0, 0.1) is 0 Å². The van der Waals surface area contributed by atoms with E-state index in [4.69, 9.17) is 0 Å². The molecule has 2 rings (SSSR count). The molecule has 0 radical (unpaired) electrons. The van der Waals surface area contributed by atoms with E-state index in [2.05, 4.69) is 5.32 Å². The average molecular weight is 260 g/mol. The average Bonchev–Trinajstić information content (AvgIpc) is 3.12. The van der Waals surface area contributed by atoms with E-state index in [0.29, 0.717) is 18.3 Å². The molecule has 0 bridgehead atoms. The third kappa shape index (κ3) is 4.23. The minimum atomic E-state index is -2.99. The first kappa shape index (κ1) is 13.3. The van der Waals surface area contributed by atoms with Crippen LogP contribution >= 0.6 is 0 Å². The Morgan fingerprint density at radius 3 is 2.41 bits per heavy atom. The van der Waals surface area contributed by atoms with Crippen LogP contribution in [0.25, 0.3) is 0 Å². The minimum Gasteiger partial charge on any atom is -0.314 e. The lowest BCUT2D eigenvalue weighted by Crippen LogP contribution is -2.35. The van der Waals surface area contributed by atoms with Gasteiger partial charge in [0.15, 0.2) is 0 Å². The molecule has 5 heteroatoms. The highest BCUT2D eigenvalue weighted by Crippen LogP contribution is 2.29. The SMILES string of the molecule is CCN(C1CC1)S(=O)(=O)CCCCNC1CC1. The fourth-order valence-electron chi connectivity index (χ4n) is 2.16. The van der Waals surface area contributed by atoms with E-state index in [1.165, 1.54) is 12.8 Å². The molecule has 0 saturated heterocycles. The summed E-state index contributed by atoms with van der Waals surface area (Å²) in [5.41, 5.74) is 0. The Balaban J connectivity index is 1.64. The number of hydrogen-bond acceptors (Lipinski definition) is 3. The predicted molar refractivity (Wildman–Crippen MR) is 69.4 cm³/mol. The van der Waals surface area contributed by atoms with Crippen LogP contribution in [0.2, 0.25) is 0 Å². The van der Waals surface area contributed by atoms with Gasteiger partial charge in [0.25, 0.3) is 0 Å². The predicted octanol–water partition coefficient (Wildman–Crippen LogP) is 1.33. The van der Waals surface area contributed by atoms with Gasteiger partial charge in [-0.15, -0.1) is 0 Å². The molecule has 0 amide bonds. The van der Waals surface area contributed by atoms with Gasteiger partial charge in [0.2, 0.25) is 10.0 Å². The molecule has 0 atom stereocenters. The molecular formula is C12H24N2O2S. The molecule has 17 heavy (non-hydrogen) atoms. The van der Waals surface area contributed by atoms with Crippen LogP contribution in [0.15, 0.2) is 0 Å². The molecule has 100 valence electrons. The van der Waals surface area contributed by atoms with E-state index in [1.54, 1.807) is 4.31 Å². The second kappa shape index (κ2) is 5.67. The molecule has 0 heterocycles. The van der Waals surface area contributed by atoms with Crippen LogP contribution in [0.4, 0.5) is 0 Å². The molecule has 0 aromatic carbocycles. The van der Waals surface area contributed by atoms with Crippen molar-refractivity contribution in [3.8, 4) is 0 Å². The molecule has 1 N–H and O–H groups in total. The summed E-state index contributed by atoms with van der Waals surface area (Å²) in [4.78, 5) is 0. The van der Waals surface area contributed by atoms with Crippen molar-refractivity contribution < 1.29 is 8.42 Å². The number of nitrogens with zero attached hydrogens (tertiary/aromatic N) is 1. The Kier molecular flexibility index (Phi) is 4.44. The highest BCUT2D eigenvalue weighted by Gasteiger charge is 2.35. The summed E-state index contributed by atoms with van der Waals surface area (Å²) in [6.45, 7) is 3.54. The lowest BCUT2D eigenvalue weighted by molar-refractivity contribution is 0.419. The van der Waals surface area contributed by atoms with Crippen molar-refractivity contribution >= 4 is 10.0 Å². The molecule has 2 aliphatic rings. The Morgan fingerprint density at radius 1 is 1.18 bits per heavy atom. The molecule has 0 unspecified atom stereocenters. The van der Waals surface area contributed by atoms with Crippen molar-refractivity contribution in [1.29, 1.82) is 0 Å². The van der Waals surface area contributed by atoms with Crippen molar-refractivity contribution in [1.82, 2.24) is 9.62 Å². The summed E-state index contributed by atoms with van der Waals surface area (Å²) >= 11 is 0. The fraction of sp³-hybridized carbons (Fsp3) is 1.00. The molecule has 2 fully saturated rings. The first-order valence-electron chi connectivity index (χ1n) is 6.86. The van der Waals surface area contributed by atoms with E-state index in [0.717, 1.165) is 38.3 Å². The maximum atomic E-state index is 12.1. The fourth-order valence-corrected chi connectivity index (χ4v) is 4.03. The van der Waals surface area contributed by atoms with Gasteiger partial charge in [-0.1, -0.05) is 6.92 Å². The number of nitrogens with one attached hydrogen (secondary N) is 1. The van der Waals surface area contributed by atoms with Gasteiger partial charge < -0.3 is 5.32 Å². The standard InChI is InChI=1S/C12H24N2O2S/c1-2-14(12-7-8-12)17(15,16)10-4-3-9-13-11-5-6-11/h11-13H,2-10H2,1H3.